The molecule has 5 heterocycles. The van der Waals surface area contributed by atoms with Crippen molar-refractivity contribution in [3.05, 3.63) is 34.4 Å². The predicted molar refractivity (Wildman–Crippen MR) is 177 cm³/mol. The minimum atomic E-state index is -1.72. The number of ketones is 2. The first-order chi connectivity index (χ1) is 22.4. The molecule has 2 N–H and O–H groups in total. The Morgan fingerprint density at radius 2 is 1.48 bits per heavy atom. The Labute approximate surface area is 283 Å². The number of allylic oxidation sites excluding steroid dienone is 1. The van der Waals surface area contributed by atoms with E-state index < -0.39 is 51.9 Å². The molecule has 0 aromatic heterocycles. The molecule has 4 bridgehead atoms. The zero-order valence-corrected chi connectivity index (χ0v) is 29.8. The fourth-order valence-electron chi connectivity index (χ4n) is 13.1. The Morgan fingerprint density at radius 1 is 0.792 bits per heavy atom. The van der Waals surface area contributed by atoms with Crippen LogP contribution in [0.25, 0.3) is 0 Å². The van der Waals surface area contributed by atoms with Crippen LogP contribution in [0.2, 0.25) is 0 Å². The van der Waals surface area contributed by atoms with Gasteiger partial charge in [-0.05, 0) is 90.7 Å². The highest BCUT2D eigenvalue weighted by Gasteiger charge is 2.86. The quantitative estimate of drug-likeness (QED) is 0.378. The zero-order chi connectivity index (χ0) is 34.1. The summed E-state index contributed by atoms with van der Waals surface area (Å²) in [5, 5.41) is 23.0. The SMILES string of the molecule is CC(C)C1=CC23Oc4c(C(C)C)cc5c(c4OC2(C(=O)C1=O)C12COC3CC1C(C)(C)CC(O)C2)C12COC5CC1C(C)(C)CC(O)C2. The minimum Gasteiger partial charge on any atom is -0.471 e. The molecule has 2 spiro atoms. The van der Waals surface area contributed by atoms with Gasteiger partial charge in [0.15, 0.2) is 11.5 Å². The lowest BCUT2D eigenvalue weighted by Gasteiger charge is -2.74. The summed E-state index contributed by atoms with van der Waals surface area (Å²) in [5.41, 5.74) is -1.65. The molecule has 6 fully saturated rings. The number of aliphatic hydroxyl groups is 2. The van der Waals surface area contributed by atoms with Crippen LogP contribution in [0.3, 0.4) is 0 Å². The monoisotopic (exact) mass is 660 g/mol. The predicted octanol–water partition coefficient (Wildman–Crippen LogP) is 5.89. The van der Waals surface area contributed by atoms with Crippen LogP contribution in [0.15, 0.2) is 17.7 Å². The maximum atomic E-state index is 15.4. The summed E-state index contributed by atoms with van der Waals surface area (Å²) >= 11 is 0. The van der Waals surface area contributed by atoms with Crippen LogP contribution in [-0.4, -0.2) is 64.5 Å². The number of benzene rings is 1. The third-order valence-electron chi connectivity index (χ3n) is 14.7. The van der Waals surface area contributed by atoms with Crippen LogP contribution in [-0.2, 0) is 24.5 Å². The highest BCUT2D eigenvalue weighted by molar-refractivity contribution is 6.48. The second kappa shape index (κ2) is 9.34. The van der Waals surface area contributed by atoms with Crippen molar-refractivity contribution in [1.82, 2.24) is 0 Å². The van der Waals surface area contributed by atoms with Gasteiger partial charge in [0, 0.05) is 22.1 Å². The lowest BCUT2D eigenvalue weighted by atomic mass is 9.38. The smallest absolute Gasteiger partial charge is 0.251 e. The Morgan fingerprint density at radius 3 is 2.17 bits per heavy atom. The summed E-state index contributed by atoms with van der Waals surface area (Å²) in [7, 11) is 0. The Balaban J connectivity index is 1.39. The zero-order valence-electron chi connectivity index (χ0n) is 29.8. The highest BCUT2D eigenvalue weighted by Crippen LogP contribution is 2.74. The average molecular weight is 661 g/mol. The molecule has 10 unspecified atom stereocenters. The Bertz CT molecular complexity index is 1690. The molecule has 0 radical (unpaired) electrons. The number of hydrogen-bond donors (Lipinski definition) is 2. The molecule has 11 rings (SSSR count). The lowest BCUT2D eigenvalue weighted by Crippen LogP contribution is -2.89. The first kappa shape index (κ1) is 31.7. The van der Waals surface area contributed by atoms with Crippen LogP contribution in [0.4, 0.5) is 0 Å². The standard InChI is InChI=1S/C40H52O8/c1-19(2)23-9-24-26-10-27-35(5,6)12-21(41)14-37(27,17-45-26)30(24)33-32(23)47-39-16-25(20(3)4)31(43)34(44)40(39,48-33)38-15-22(42)13-36(7,8)28(38)11-29(39)46-18-38/h9,16,19-22,26-29,41-42H,10-15,17-18H2,1-8H3. The van der Waals surface area contributed by atoms with Gasteiger partial charge in [0.05, 0.1) is 36.9 Å². The molecule has 1 aromatic carbocycles. The first-order valence-corrected chi connectivity index (χ1v) is 18.5. The molecule has 3 saturated carbocycles. The second-order valence-corrected chi connectivity index (χ2v) is 18.9. The van der Waals surface area contributed by atoms with Crippen LogP contribution in [0, 0.1) is 34.0 Å². The van der Waals surface area contributed by atoms with Crippen LogP contribution in [0.1, 0.15) is 123 Å². The van der Waals surface area contributed by atoms with Gasteiger partial charge in [-0.3, -0.25) is 9.59 Å². The summed E-state index contributed by atoms with van der Waals surface area (Å²) in [4.78, 5) is 29.8. The maximum absolute atomic E-state index is 15.4. The summed E-state index contributed by atoms with van der Waals surface area (Å²) in [6.07, 6.45) is 3.69. The van der Waals surface area contributed by atoms with E-state index in [2.05, 4.69) is 47.6 Å². The minimum absolute atomic E-state index is 0.0404. The third kappa shape index (κ3) is 3.42. The van der Waals surface area contributed by atoms with E-state index >= 15 is 4.79 Å². The van der Waals surface area contributed by atoms with E-state index in [9.17, 15) is 15.0 Å². The fraction of sp³-hybridized carbons (Fsp3) is 0.750. The molecule has 48 heavy (non-hydrogen) atoms. The molecule has 260 valence electrons. The third-order valence-corrected chi connectivity index (χ3v) is 14.7. The van der Waals surface area contributed by atoms with E-state index in [1.165, 1.54) is 0 Å². The van der Waals surface area contributed by atoms with Crippen molar-refractivity contribution in [2.45, 2.75) is 141 Å². The van der Waals surface area contributed by atoms with Crippen molar-refractivity contribution < 1.29 is 38.7 Å². The second-order valence-electron chi connectivity index (χ2n) is 18.9. The van der Waals surface area contributed by atoms with Crippen molar-refractivity contribution in [3.8, 4) is 11.5 Å². The van der Waals surface area contributed by atoms with Crippen LogP contribution < -0.4 is 9.47 Å². The van der Waals surface area contributed by atoms with Gasteiger partial charge in [0.25, 0.3) is 5.78 Å². The van der Waals surface area contributed by atoms with Gasteiger partial charge in [-0.15, -0.1) is 0 Å². The number of aliphatic hydroxyl groups excluding tert-OH is 2. The van der Waals surface area contributed by atoms with E-state index in [4.69, 9.17) is 18.9 Å². The van der Waals surface area contributed by atoms with E-state index in [1.54, 1.807) is 0 Å². The van der Waals surface area contributed by atoms with Crippen molar-refractivity contribution in [2.24, 2.45) is 34.0 Å². The van der Waals surface area contributed by atoms with Gasteiger partial charge in [-0.25, -0.2) is 0 Å². The molecule has 5 aliphatic carbocycles. The van der Waals surface area contributed by atoms with Gasteiger partial charge < -0.3 is 29.2 Å². The number of carbonyl (C=O) groups is 2. The number of hydrogen-bond acceptors (Lipinski definition) is 8. The number of Topliss-reactive ketones (excluding diaryl/α,β-unsaturated/α-hetero) is 2. The van der Waals surface area contributed by atoms with Crippen molar-refractivity contribution in [3.63, 3.8) is 0 Å². The fourth-order valence-corrected chi connectivity index (χ4v) is 13.1. The van der Waals surface area contributed by atoms with Crippen LogP contribution >= 0.6 is 0 Å². The Kier molecular flexibility index (Phi) is 6.17. The van der Waals surface area contributed by atoms with E-state index in [1.807, 2.05) is 19.9 Å². The van der Waals surface area contributed by atoms with Gasteiger partial charge in [0.2, 0.25) is 17.0 Å². The van der Waals surface area contributed by atoms with E-state index in [-0.39, 0.29) is 53.6 Å². The number of carbonyl (C=O) groups excluding carboxylic acids is 2. The molecule has 10 atom stereocenters. The summed E-state index contributed by atoms with van der Waals surface area (Å²) in [5.74, 6) is 0.140. The van der Waals surface area contributed by atoms with Gasteiger partial charge in [0.1, 0.15) is 6.10 Å². The molecule has 10 aliphatic rings. The van der Waals surface area contributed by atoms with Gasteiger partial charge in [-0.2, -0.15) is 0 Å². The number of rotatable bonds is 2. The van der Waals surface area contributed by atoms with E-state index in [0.29, 0.717) is 49.4 Å². The summed E-state index contributed by atoms with van der Waals surface area (Å²) in [6, 6.07) is 2.24. The van der Waals surface area contributed by atoms with Crippen molar-refractivity contribution in [1.29, 1.82) is 0 Å². The molecular formula is C40H52O8. The highest BCUT2D eigenvalue weighted by atomic mass is 16.6. The molecule has 8 nitrogen and oxygen atoms in total. The average Bonchev–Trinajstić information content (AvgIpc) is 2.99. The molecule has 1 aromatic rings. The van der Waals surface area contributed by atoms with Crippen LogP contribution in [0.5, 0.6) is 11.5 Å². The topological polar surface area (TPSA) is 112 Å². The number of fused-ring (bicyclic) bond motifs is 3. The molecule has 3 saturated heterocycles. The molecule has 5 aliphatic heterocycles. The summed E-state index contributed by atoms with van der Waals surface area (Å²) < 4.78 is 28.6. The number of ether oxygens (including phenoxy) is 4. The van der Waals surface area contributed by atoms with E-state index in [0.717, 1.165) is 23.1 Å². The van der Waals surface area contributed by atoms with Gasteiger partial charge >= 0.3 is 0 Å². The largest absolute Gasteiger partial charge is 0.471 e. The maximum Gasteiger partial charge on any atom is 0.251 e. The molecular weight excluding hydrogens is 608 g/mol. The van der Waals surface area contributed by atoms with Crippen molar-refractivity contribution >= 4 is 11.6 Å². The summed E-state index contributed by atoms with van der Waals surface area (Å²) in [6.45, 7) is 17.7. The normalized spacial score (nSPS) is 45.6. The Hall–Kier alpha value is -2.26. The van der Waals surface area contributed by atoms with Gasteiger partial charge in [-0.1, -0.05) is 55.4 Å². The molecule has 0 amide bonds. The first-order valence-electron chi connectivity index (χ1n) is 18.5. The molecule has 8 heteroatoms. The lowest BCUT2D eigenvalue weighted by molar-refractivity contribution is -0.346. The van der Waals surface area contributed by atoms with Crippen molar-refractivity contribution in [2.75, 3.05) is 13.2 Å².